The fourth-order valence-electron chi connectivity index (χ4n) is 3.75. The zero-order chi connectivity index (χ0) is 19.7. The third kappa shape index (κ3) is 3.40. The molecule has 1 aliphatic rings. The van der Waals surface area contributed by atoms with E-state index in [1.54, 1.807) is 12.5 Å². The second-order valence-corrected chi connectivity index (χ2v) is 7.21. The van der Waals surface area contributed by atoms with Crippen molar-refractivity contribution in [2.24, 2.45) is 5.73 Å². The first-order valence-corrected chi connectivity index (χ1v) is 9.43. The predicted molar refractivity (Wildman–Crippen MR) is 103 cm³/mol. The molecule has 4 rings (SSSR count). The van der Waals surface area contributed by atoms with Gasteiger partial charge in [-0.15, -0.1) is 0 Å². The molecule has 1 saturated heterocycles. The molecule has 0 bridgehead atoms. The number of nitrogens with zero attached hydrogens (tertiary/aromatic N) is 6. The summed E-state index contributed by atoms with van der Waals surface area (Å²) < 4.78 is 1.48. The molecule has 0 saturated carbocycles. The Morgan fingerprint density at radius 1 is 1.43 bits per heavy atom. The Kier molecular flexibility index (Phi) is 4.91. The summed E-state index contributed by atoms with van der Waals surface area (Å²) in [5.74, 6) is -0.299. The minimum atomic E-state index is -1.03. The van der Waals surface area contributed by atoms with Crippen LogP contribution in [0.3, 0.4) is 0 Å². The number of aryl methyl sites for hydroxylation is 1. The first-order valence-electron chi connectivity index (χ1n) is 9.43. The third-order valence-electron chi connectivity index (χ3n) is 5.15. The molecule has 1 aliphatic heterocycles. The van der Waals surface area contributed by atoms with Crippen LogP contribution >= 0.6 is 0 Å². The Morgan fingerprint density at radius 3 is 3.07 bits per heavy atom. The topological polar surface area (TPSA) is 123 Å². The molecule has 1 unspecified atom stereocenters. The van der Waals surface area contributed by atoms with Crippen molar-refractivity contribution < 1.29 is 9.90 Å². The largest absolute Gasteiger partial charge is 0.477 e. The van der Waals surface area contributed by atoms with Gasteiger partial charge in [0, 0.05) is 36.2 Å². The fraction of sp³-hybridized carbons (Fsp3) is 0.421. The van der Waals surface area contributed by atoms with E-state index in [1.807, 2.05) is 19.2 Å². The number of anilines is 1. The lowest BCUT2D eigenvalue weighted by Crippen LogP contribution is -2.25. The Balaban J connectivity index is 1.69. The summed E-state index contributed by atoms with van der Waals surface area (Å²) >= 11 is 0. The molecular weight excluding hydrogens is 358 g/mol. The van der Waals surface area contributed by atoms with Crippen molar-refractivity contribution >= 4 is 17.4 Å². The molecular formula is C19H23N7O2. The van der Waals surface area contributed by atoms with E-state index in [0.717, 1.165) is 49.3 Å². The van der Waals surface area contributed by atoms with Gasteiger partial charge in [0.05, 0.1) is 12.2 Å². The number of hydrogen-bond donors (Lipinski definition) is 2. The maximum absolute atomic E-state index is 11.4. The average Bonchev–Trinajstić information content (AvgIpc) is 3.33. The highest BCUT2D eigenvalue weighted by molar-refractivity contribution is 5.94. The van der Waals surface area contributed by atoms with Crippen LogP contribution in [0.2, 0.25) is 0 Å². The van der Waals surface area contributed by atoms with E-state index in [1.165, 1.54) is 10.7 Å². The molecule has 0 amide bonds. The summed E-state index contributed by atoms with van der Waals surface area (Å²) in [6.45, 7) is 2.83. The number of aromatic carboxylic acids is 1. The van der Waals surface area contributed by atoms with Gasteiger partial charge < -0.3 is 15.7 Å². The van der Waals surface area contributed by atoms with Gasteiger partial charge in [-0.25, -0.2) is 24.3 Å². The molecule has 2 atom stereocenters. The van der Waals surface area contributed by atoms with Gasteiger partial charge in [0.1, 0.15) is 17.7 Å². The number of aromatic nitrogens is 5. The second kappa shape index (κ2) is 7.51. The molecule has 0 spiro atoms. The number of nitrogens with two attached hydrogens (primary N) is 1. The van der Waals surface area contributed by atoms with Gasteiger partial charge in [-0.1, -0.05) is 0 Å². The summed E-state index contributed by atoms with van der Waals surface area (Å²) in [6, 6.07) is 2.09. The highest BCUT2D eigenvalue weighted by Gasteiger charge is 2.30. The van der Waals surface area contributed by atoms with Gasteiger partial charge in [-0.3, -0.25) is 0 Å². The number of carboxylic acids is 1. The van der Waals surface area contributed by atoms with E-state index in [2.05, 4.69) is 25.0 Å². The van der Waals surface area contributed by atoms with E-state index in [0.29, 0.717) is 5.65 Å². The van der Waals surface area contributed by atoms with E-state index < -0.39 is 5.97 Å². The number of hydrogen-bond acceptors (Lipinski definition) is 7. The first-order chi connectivity index (χ1) is 13.5. The van der Waals surface area contributed by atoms with E-state index >= 15 is 0 Å². The average molecular weight is 381 g/mol. The summed E-state index contributed by atoms with van der Waals surface area (Å²) in [4.78, 5) is 27.0. The molecule has 0 aliphatic carbocycles. The smallest absolute Gasteiger partial charge is 0.341 e. The highest BCUT2D eigenvalue weighted by Crippen LogP contribution is 2.36. The van der Waals surface area contributed by atoms with Crippen LogP contribution in [0, 0.1) is 0 Å². The van der Waals surface area contributed by atoms with Crippen LogP contribution in [0.15, 0.2) is 31.0 Å². The molecule has 9 nitrogen and oxygen atoms in total. The molecule has 3 aromatic heterocycles. The number of fused-ring (bicyclic) bond motifs is 1. The van der Waals surface area contributed by atoms with E-state index in [-0.39, 0.29) is 17.6 Å². The quantitative estimate of drug-likeness (QED) is 0.663. The predicted octanol–water partition coefficient (Wildman–Crippen LogP) is 1.84. The monoisotopic (exact) mass is 381 g/mol. The SMILES string of the molecule is C[C@@H](N)CCc1ncncc1C1CCCN1c1ccn2ncc(C(=O)O)c2n1. The Hall–Kier alpha value is -3.07. The van der Waals surface area contributed by atoms with E-state index in [9.17, 15) is 9.90 Å². The zero-order valence-corrected chi connectivity index (χ0v) is 15.7. The van der Waals surface area contributed by atoms with E-state index in [4.69, 9.17) is 5.73 Å². The number of rotatable bonds is 6. The van der Waals surface area contributed by atoms with Crippen molar-refractivity contribution in [1.82, 2.24) is 24.6 Å². The number of carboxylic acid groups (broad SMARTS) is 1. The van der Waals surface area contributed by atoms with Crippen molar-refractivity contribution in [3.8, 4) is 0 Å². The second-order valence-electron chi connectivity index (χ2n) is 7.21. The fourth-order valence-corrected chi connectivity index (χ4v) is 3.75. The lowest BCUT2D eigenvalue weighted by atomic mass is 10.0. The summed E-state index contributed by atoms with van der Waals surface area (Å²) in [7, 11) is 0. The Morgan fingerprint density at radius 2 is 2.29 bits per heavy atom. The van der Waals surface area contributed by atoms with Crippen molar-refractivity contribution in [3.63, 3.8) is 0 Å². The van der Waals surface area contributed by atoms with Crippen LogP contribution < -0.4 is 10.6 Å². The van der Waals surface area contributed by atoms with Gasteiger partial charge in [0.15, 0.2) is 5.65 Å². The highest BCUT2D eigenvalue weighted by atomic mass is 16.4. The maximum atomic E-state index is 11.4. The standard InChI is InChI=1S/C19H23N7O2/c1-12(20)4-5-15-13(9-21-11-22-15)16-3-2-7-25(16)17-6-8-26-18(24-17)14(10-23-26)19(27)28/h6,8-12,16H,2-5,7,20H2,1H3,(H,27,28)/t12-,16?/m1/s1. The first kappa shape index (κ1) is 18.3. The van der Waals surface area contributed by atoms with Gasteiger partial charge >= 0.3 is 5.97 Å². The van der Waals surface area contributed by atoms with Crippen LogP contribution in [-0.4, -0.2) is 48.2 Å². The Labute approximate surface area is 162 Å². The molecule has 28 heavy (non-hydrogen) atoms. The van der Waals surface area contributed by atoms with Gasteiger partial charge in [0.25, 0.3) is 0 Å². The lowest BCUT2D eigenvalue weighted by Gasteiger charge is -2.27. The van der Waals surface area contributed by atoms with Gasteiger partial charge in [0.2, 0.25) is 0 Å². The van der Waals surface area contributed by atoms with Gasteiger partial charge in [-0.05, 0) is 38.7 Å². The van der Waals surface area contributed by atoms with Crippen LogP contribution in [-0.2, 0) is 6.42 Å². The van der Waals surface area contributed by atoms with Crippen LogP contribution in [0.25, 0.3) is 5.65 Å². The molecule has 3 aromatic rings. The molecule has 4 heterocycles. The summed E-state index contributed by atoms with van der Waals surface area (Å²) in [6.07, 6.45) is 10.2. The Bertz CT molecular complexity index is 1000. The van der Waals surface area contributed by atoms with Crippen molar-refractivity contribution in [3.05, 3.63) is 47.8 Å². The normalized spacial score (nSPS) is 17.9. The third-order valence-corrected chi connectivity index (χ3v) is 5.15. The summed E-state index contributed by atoms with van der Waals surface area (Å²) in [5.41, 5.74) is 8.47. The van der Waals surface area contributed by atoms with Crippen LogP contribution in [0.5, 0.6) is 0 Å². The lowest BCUT2D eigenvalue weighted by molar-refractivity contribution is 0.0698. The van der Waals surface area contributed by atoms with Crippen LogP contribution in [0.4, 0.5) is 5.82 Å². The molecule has 9 heteroatoms. The van der Waals surface area contributed by atoms with Crippen molar-refractivity contribution in [2.75, 3.05) is 11.4 Å². The zero-order valence-electron chi connectivity index (χ0n) is 15.7. The number of carbonyl (C=O) groups is 1. The molecule has 1 fully saturated rings. The maximum Gasteiger partial charge on any atom is 0.341 e. The summed E-state index contributed by atoms with van der Waals surface area (Å²) in [5, 5.41) is 13.4. The molecule has 3 N–H and O–H groups in total. The minimum absolute atomic E-state index is 0.0956. The van der Waals surface area contributed by atoms with Crippen LogP contribution in [0.1, 0.15) is 53.8 Å². The minimum Gasteiger partial charge on any atom is -0.477 e. The molecule has 0 radical (unpaired) electrons. The van der Waals surface area contributed by atoms with Crippen molar-refractivity contribution in [1.29, 1.82) is 0 Å². The van der Waals surface area contributed by atoms with Crippen molar-refractivity contribution in [2.45, 2.75) is 44.7 Å². The molecule has 146 valence electrons. The molecule has 0 aromatic carbocycles. The van der Waals surface area contributed by atoms with Gasteiger partial charge in [-0.2, -0.15) is 5.10 Å².